The van der Waals surface area contributed by atoms with Gasteiger partial charge in [-0.2, -0.15) is 23.4 Å². The monoisotopic (exact) mass is 529 g/mol. The van der Waals surface area contributed by atoms with Gasteiger partial charge < -0.3 is 15.4 Å². The second-order valence-corrected chi connectivity index (χ2v) is 8.85. The van der Waals surface area contributed by atoms with Crippen molar-refractivity contribution < 1.29 is 27.5 Å². The van der Waals surface area contributed by atoms with E-state index in [-0.39, 0.29) is 34.2 Å². The minimum Gasteiger partial charge on any atom is -0.497 e. The first-order chi connectivity index (χ1) is 18.0. The van der Waals surface area contributed by atoms with Gasteiger partial charge in [0.15, 0.2) is 17.0 Å². The van der Waals surface area contributed by atoms with Gasteiger partial charge in [-0.1, -0.05) is 13.8 Å². The van der Waals surface area contributed by atoms with Crippen molar-refractivity contribution in [2.24, 2.45) is 5.92 Å². The van der Waals surface area contributed by atoms with Crippen molar-refractivity contribution in [3.8, 4) is 17.0 Å². The number of halogens is 3. The Hall–Kier alpha value is -4.42. The SMILES string of the molecule is CCn1cc(NC(=O)c2cnn3c(C(F)(F)F)cc(-c4ccc(OC)cc4)nc23)c(C(=O)NCC(C)C)n1. The summed E-state index contributed by atoms with van der Waals surface area (Å²) in [6.07, 6.45) is -2.29. The molecule has 4 aromatic rings. The van der Waals surface area contributed by atoms with E-state index in [0.29, 0.717) is 28.9 Å². The summed E-state index contributed by atoms with van der Waals surface area (Å²) in [5.41, 5.74) is -1.12. The van der Waals surface area contributed by atoms with E-state index >= 15 is 0 Å². The molecule has 13 heteroatoms. The summed E-state index contributed by atoms with van der Waals surface area (Å²) in [5, 5.41) is 13.3. The lowest BCUT2D eigenvalue weighted by Gasteiger charge is -2.12. The van der Waals surface area contributed by atoms with Gasteiger partial charge in [0.25, 0.3) is 11.8 Å². The second kappa shape index (κ2) is 10.5. The fourth-order valence-corrected chi connectivity index (χ4v) is 3.65. The maximum atomic E-state index is 13.9. The van der Waals surface area contributed by atoms with Crippen LogP contribution >= 0.6 is 0 Å². The average Bonchev–Trinajstić information content (AvgIpc) is 3.50. The number of carbonyl (C=O) groups excluding carboxylic acids is 2. The summed E-state index contributed by atoms with van der Waals surface area (Å²) in [5.74, 6) is -0.560. The van der Waals surface area contributed by atoms with Gasteiger partial charge in [0.2, 0.25) is 0 Å². The van der Waals surface area contributed by atoms with Crippen molar-refractivity contribution in [3.05, 3.63) is 59.7 Å². The van der Waals surface area contributed by atoms with Crippen LogP contribution in [0, 0.1) is 5.92 Å². The summed E-state index contributed by atoms with van der Waals surface area (Å²) in [6, 6.07) is 7.18. The number of benzene rings is 1. The number of nitrogens with one attached hydrogen (secondary N) is 2. The molecule has 2 N–H and O–H groups in total. The van der Waals surface area contributed by atoms with Gasteiger partial charge in [0.05, 0.1) is 24.7 Å². The third-order valence-corrected chi connectivity index (χ3v) is 5.61. The van der Waals surface area contributed by atoms with E-state index in [1.807, 2.05) is 20.8 Å². The maximum Gasteiger partial charge on any atom is 0.433 e. The fraction of sp³-hybridized carbons (Fsp3) is 0.320. The molecule has 0 unspecified atom stereocenters. The van der Waals surface area contributed by atoms with Crippen LogP contribution in [-0.4, -0.2) is 49.8 Å². The topological polar surface area (TPSA) is 115 Å². The minimum absolute atomic E-state index is 0.00502. The molecule has 0 bridgehead atoms. The van der Waals surface area contributed by atoms with Crippen LogP contribution < -0.4 is 15.4 Å². The van der Waals surface area contributed by atoms with E-state index < -0.39 is 23.7 Å². The van der Waals surface area contributed by atoms with Crippen LogP contribution in [0.5, 0.6) is 5.75 Å². The first kappa shape index (κ1) is 26.6. The van der Waals surface area contributed by atoms with Crippen molar-refractivity contribution in [1.82, 2.24) is 29.7 Å². The van der Waals surface area contributed by atoms with Gasteiger partial charge in [-0.3, -0.25) is 14.3 Å². The molecule has 0 aliphatic heterocycles. The summed E-state index contributed by atoms with van der Waals surface area (Å²) in [4.78, 5) is 30.3. The van der Waals surface area contributed by atoms with E-state index in [1.54, 1.807) is 24.3 Å². The predicted octanol–water partition coefficient (Wildman–Crippen LogP) is 4.28. The zero-order valence-electron chi connectivity index (χ0n) is 21.1. The van der Waals surface area contributed by atoms with Crippen LogP contribution in [0.1, 0.15) is 47.3 Å². The Morgan fingerprint density at radius 2 is 1.84 bits per heavy atom. The Labute approximate surface area is 215 Å². The van der Waals surface area contributed by atoms with E-state index in [0.717, 1.165) is 12.3 Å². The van der Waals surface area contributed by atoms with Crippen LogP contribution in [0.4, 0.5) is 18.9 Å². The zero-order valence-corrected chi connectivity index (χ0v) is 21.1. The first-order valence-corrected chi connectivity index (χ1v) is 11.8. The van der Waals surface area contributed by atoms with E-state index in [1.165, 1.54) is 18.0 Å². The fourth-order valence-electron chi connectivity index (χ4n) is 3.65. The van der Waals surface area contributed by atoms with Crippen molar-refractivity contribution in [1.29, 1.82) is 0 Å². The largest absolute Gasteiger partial charge is 0.497 e. The summed E-state index contributed by atoms with van der Waals surface area (Å²) >= 11 is 0. The van der Waals surface area contributed by atoms with Crippen LogP contribution in [0.25, 0.3) is 16.9 Å². The highest BCUT2D eigenvalue weighted by molar-refractivity contribution is 6.11. The number of rotatable bonds is 8. The number of methoxy groups -OCH3 is 1. The van der Waals surface area contributed by atoms with E-state index in [2.05, 4.69) is 25.8 Å². The number of carbonyl (C=O) groups is 2. The number of fused-ring (bicyclic) bond motifs is 1. The van der Waals surface area contributed by atoms with Crippen molar-refractivity contribution in [3.63, 3.8) is 0 Å². The van der Waals surface area contributed by atoms with Crippen LogP contribution in [-0.2, 0) is 12.7 Å². The second-order valence-electron chi connectivity index (χ2n) is 8.85. The normalized spacial score (nSPS) is 11.7. The number of hydrogen-bond acceptors (Lipinski definition) is 6. The van der Waals surface area contributed by atoms with E-state index in [9.17, 15) is 22.8 Å². The molecule has 0 saturated carbocycles. The zero-order chi connectivity index (χ0) is 27.6. The molecule has 0 atom stereocenters. The molecule has 2 amide bonds. The Morgan fingerprint density at radius 3 is 2.45 bits per heavy atom. The molecular weight excluding hydrogens is 503 g/mol. The number of alkyl halides is 3. The van der Waals surface area contributed by atoms with Gasteiger partial charge in [0, 0.05) is 24.8 Å². The summed E-state index contributed by atoms with van der Waals surface area (Å²) < 4.78 is 49.0. The molecule has 0 aliphatic rings. The Kier molecular flexibility index (Phi) is 7.37. The molecule has 0 saturated heterocycles. The van der Waals surface area contributed by atoms with Crippen molar-refractivity contribution >= 4 is 23.1 Å². The molecule has 38 heavy (non-hydrogen) atoms. The molecular formula is C25H26F3N7O3. The quantitative estimate of drug-likeness (QED) is 0.352. The number of amides is 2. The smallest absolute Gasteiger partial charge is 0.433 e. The number of ether oxygens (including phenoxy) is 1. The standard InChI is InChI=1S/C25H26F3N7O3/c1-5-34-13-19(21(33-34)24(37)29-11-14(2)3)32-23(36)17-12-30-35-20(25(26,27)28)10-18(31-22(17)35)15-6-8-16(38-4)9-7-15/h6-10,12-14H,5,11H2,1-4H3,(H,29,37)(H,32,36). The van der Waals surface area contributed by atoms with Crippen LogP contribution in [0.3, 0.4) is 0 Å². The average molecular weight is 530 g/mol. The Morgan fingerprint density at radius 1 is 1.13 bits per heavy atom. The highest BCUT2D eigenvalue weighted by Crippen LogP contribution is 2.33. The van der Waals surface area contributed by atoms with Gasteiger partial charge in [-0.25, -0.2) is 9.50 Å². The van der Waals surface area contributed by atoms with Crippen molar-refractivity contribution in [2.45, 2.75) is 33.5 Å². The molecule has 0 radical (unpaired) electrons. The number of nitrogens with zero attached hydrogens (tertiary/aromatic N) is 5. The Bertz CT molecular complexity index is 1470. The highest BCUT2D eigenvalue weighted by Gasteiger charge is 2.36. The van der Waals surface area contributed by atoms with Crippen molar-refractivity contribution in [2.75, 3.05) is 19.0 Å². The third-order valence-electron chi connectivity index (χ3n) is 5.61. The molecule has 3 heterocycles. The lowest BCUT2D eigenvalue weighted by molar-refractivity contribution is -0.142. The van der Waals surface area contributed by atoms with Gasteiger partial charge in [0.1, 0.15) is 11.3 Å². The van der Waals surface area contributed by atoms with Gasteiger partial charge in [-0.05, 0) is 43.2 Å². The number of aryl methyl sites for hydroxylation is 1. The van der Waals surface area contributed by atoms with Gasteiger partial charge >= 0.3 is 6.18 Å². The summed E-state index contributed by atoms with van der Waals surface area (Å²) in [6.45, 7) is 6.50. The number of anilines is 1. The number of aromatic nitrogens is 5. The lowest BCUT2D eigenvalue weighted by atomic mass is 10.1. The summed E-state index contributed by atoms with van der Waals surface area (Å²) in [7, 11) is 1.47. The molecule has 0 aliphatic carbocycles. The minimum atomic E-state index is -4.77. The first-order valence-electron chi connectivity index (χ1n) is 11.8. The van der Waals surface area contributed by atoms with E-state index in [4.69, 9.17) is 4.74 Å². The Balaban J connectivity index is 1.75. The molecule has 1 aromatic carbocycles. The van der Waals surface area contributed by atoms with Gasteiger partial charge in [-0.15, -0.1) is 0 Å². The van der Waals surface area contributed by atoms with Crippen LogP contribution in [0.15, 0.2) is 42.7 Å². The third kappa shape index (κ3) is 5.45. The maximum absolute atomic E-state index is 13.9. The molecule has 10 nitrogen and oxygen atoms in total. The molecule has 0 spiro atoms. The molecule has 200 valence electrons. The molecule has 0 fully saturated rings. The lowest BCUT2D eigenvalue weighted by Crippen LogP contribution is -2.28. The highest BCUT2D eigenvalue weighted by atomic mass is 19.4. The number of hydrogen-bond donors (Lipinski definition) is 2. The van der Waals surface area contributed by atoms with Crippen LogP contribution in [0.2, 0.25) is 0 Å². The molecule has 3 aromatic heterocycles. The predicted molar refractivity (Wildman–Crippen MR) is 133 cm³/mol. The molecule has 4 rings (SSSR count).